The first kappa shape index (κ1) is 25.3. The van der Waals surface area contributed by atoms with Crippen molar-refractivity contribution < 1.29 is 22.6 Å². The minimum absolute atomic E-state index is 0. The highest BCUT2D eigenvalue weighted by Crippen LogP contribution is 2.30. The molecule has 0 saturated carbocycles. The second-order valence-corrected chi connectivity index (χ2v) is 6.53. The van der Waals surface area contributed by atoms with Gasteiger partial charge in [0, 0.05) is 11.9 Å². The highest BCUT2D eigenvalue weighted by Gasteiger charge is 2.33. The molecule has 0 aliphatic heterocycles. The van der Waals surface area contributed by atoms with E-state index >= 15 is 0 Å². The standard InChI is InChI=1S/C18H23F3N4O2S.HI/c1-4-22-17(24-10-16-25-15(11-28-16)18(19,20)21)23-9-12-6-7-13(26-3)14(8-12)27-5-2;/h6-8,11H,4-5,9-10H2,1-3H3,(H2,22,23,24);1H. The number of aromatic nitrogens is 1. The summed E-state index contributed by atoms with van der Waals surface area (Å²) in [5.74, 6) is 1.77. The van der Waals surface area contributed by atoms with Crippen molar-refractivity contribution in [2.24, 2.45) is 4.99 Å². The van der Waals surface area contributed by atoms with Crippen molar-refractivity contribution in [1.82, 2.24) is 15.6 Å². The molecular formula is C18H24F3IN4O2S. The number of nitrogens with one attached hydrogen (secondary N) is 2. The van der Waals surface area contributed by atoms with Crippen LogP contribution in [0.2, 0.25) is 0 Å². The van der Waals surface area contributed by atoms with Gasteiger partial charge in [-0.25, -0.2) is 9.98 Å². The third-order valence-electron chi connectivity index (χ3n) is 3.54. The fraction of sp³-hybridized carbons (Fsp3) is 0.444. The van der Waals surface area contributed by atoms with Gasteiger partial charge in [-0.2, -0.15) is 13.2 Å². The molecule has 0 aliphatic rings. The first-order valence-corrected chi connectivity index (χ1v) is 9.58. The number of thiazole rings is 1. The Morgan fingerprint density at radius 2 is 1.97 bits per heavy atom. The molecule has 2 N–H and O–H groups in total. The SMILES string of the molecule is CCNC(=NCc1ccc(OC)c(OCC)c1)NCc1nc(C(F)(F)F)cs1.I. The van der Waals surface area contributed by atoms with Crippen LogP contribution in [0.4, 0.5) is 13.2 Å². The third-order valence-corrected chi connectivity index (χ3v) is 4.39. The maximum atomic E-state index is 12.6. The van der Waals surface area contributed by atoms with Crippen LogP contribution in [0.3, 0.4) is 0 Å². The fourth-order valence-electron chi connectivity index (χ4n) is 2.28. The summed E-state index contributed by atoms with van der Waals surface area (Å²) in [6.07, 6.45) is -4.43. The zero-order valence-corrected chi connectivity index (χ0v) is 19.4. The molecule has 0 unspecified atom stereocenters. The Kier molecular flexibility index (Phi) is 10.5. The van der Waals surface area contributed by atoms with Gasteiger partial charge >= 0.3 is 6.18 Å². The molecule has 6 nitrogen and oxygen atoms in total. The van der Waals surface area contributed by atoms with E-state index in [0.717, 1.165) is 22.3 Å². The van der Waals surface area contributed by atoms with Gasteiger partial charge in [0.2, 0.25) is 0 Å². The van der Waals surface area contributed by atoms with Crippen molar-refractivity contribution in [1.29, 1.82) is 0 Å². The molecule has 162 valence electrons. The van der Waals surface area contributed by atoms with Crippen LogP contribution in [0.25, 0.3) is 0 Å². The van der Waals surface area contributed by atoms with E-state index in [0.29, 0.717) is 42.2 Å². The zero-order chi connectivity index (χ0) is 20.6. The molecule has 0 spiro atoms. The number of rotatable bonds is 8. The van der Waals surface area contributed by atoms with Gasteiger partial charge in [0.25, 0.3) is 0 Å². The van der Waals surface area contributed by atoms with E-state index in [4.69, 9.17) is 9.47 Å². The number of hydrogen-bond donors (Lipinski definition) is 2. The van der Waals surface area contributed by atoms with Crippen LogP contribution in [0.1, 0.15) is 30.1 Å². The lowest BCUT2D eigenvalue weighted by molar-refractivity contribution is -0.140. The van der Waals surface area contributed by atoms with Crippen LogP contribution in [-0.4, -0.2) is 31.2 Å². The number of methoxy groups -OCH3 is 1. The highest BCUT2D eigenvalue weighted by molar-refractivity contribution is 14.0. The summed E-state index contributed by atoms with van der Waals surface area (Å²) in [5.41, 5.74) is 0.0352. The summed E-state index contributed by atoms with van der Waals surface area (Å²) in [4.78, 5) is 8.06. The molecule has 0 aliphatic carbocycles. The molecule has 0 bridgehead atoms. The smallest absolute Gasteiger partial charge is 0.434 e. The zero-order valence-electron chi connectivity index (χ0n) is 16.3. The minimum atomic E-state index is -4.43. The molecule has 1 aromatic carbocycles. The van der Waals surface area contributed by atoms with Crippen molar-refractivity contribution in [3.05, 3.63) is 39.8 Å². The lowest BCUT2D eigenvalue weighted by Crippen LogP contribution is -2.36. The van der Waals surface area contributed by atoms with E-state index in [1.807, 2.05) is 32.0 Å². The fourth-order valence-corrected chi connectivity index (χ4v) is 3.02. The summed E-state index contributed by atoms with van der Waals surface area (Å²) in [6.45, 7) is 5.44. The Morgan fingerprint density at radius 3 is 2.55 bits per heavy atom. The summed E-state index contributed by atoms with van der Waals surface area (Å²) < 4.78 is 48.7. The molecule has 2 aromatic rings. The van der Waals surface area contributed by atoms with E-state index in [1.165, 1.54) is 0 Å². The number of halogens is 4. The highest BCUT2D eigenvalue weighted by atomic mass is 127. The molecule has 1 heterocycles. The van der Waals surface area contributed by atoms with Gasteiger partial charge in [0.05, 0.1) is 26.8 Å². The molecule has 0 atom stereocenters. The number of ether oxygens (including phenoxy) is 2. The van der Waals surface area contributed by atoms with Crippen LogP contribution in [0.15, 0.2) is 28.6 Å². The Bertz CT molecular complexity index is 800. The summed E-state index contributed by atoms with van der Waals surface area (Å²) in [6, 6.07) is 5.54. The van der Waals surface area contributed by atoms with Crippen molar-refractivity contribution in [2.75, 3.05) is 20.3 Å². The number of benzene rings is 1. The van der Waals surface area contributed by atoms with Crippen molar-refractivity contribution in [3.63, 3.8) is 0 Å². The number of alkyl halides is 3. The van der Waals surface area contributed by atoms with Crippen molar-refractivity contribution >= 4 is 41.3 Å². The first-order chi connectivity index (χ1) is 13.4. The largest absolute Gasteiger partial charge is 0.493 e. The van der Waals surface area contributed by atoms with E-state index in [2.05, 4.69) is 20.6 Å². The van der Waals surface area contributed by atoms with Crippen LogP contribution in [-0.2, 0) is 19.3 Å². The number of guanidine groups is 1. The van der Waals surface area contributed by atoms with E-state index in [-0.39, 0.29) is 30.5 Å². The number of aliphatic imine (C=N–C) groups is 1. The van der Waals surface area contributed by atoms with Gasteiger partial charge < -0.3 is 20.1 Å². The molecule has 0 amide bonds. The van der Waals surface area contributed by atoms with Gasteiger partial charge in [-0.15, -0.1) is 35.3 Å². The van der Waals surface area contributed by atoms with Gasteiger partial charge in [-0.1, -0.05) is 6.07 Å². The molecule has 0 fully saturated rings. The molecule has 1 aromatic heterocycles. The number of hydrogen-bond acceptors (Lipinski definition) is 5. The number of nitrogens with zero attached hydrogens (tertiary/aromatic N) is 2. The Balaban J connectivity index is 0.00000420. The predicted molar refractivity (Wildman–Crippen MR) is 118 cm³/mol. The minimum Gasteiger partial charge on any atom is -0.493 e. The summed E-state index contributed by atoms with van der Waals surface area (Å²) >= 11 is 0.956. The maximum Gasteiger partial charge on any atom is 0.434 e. The monoisotopic (exact) mass is 544 g/mol. The second-order valence-electron chi connectivity index (χ2n) is 5.59. The van der Waals surface area contributed by atoms with Crippen LogP contribution < -0.4 is 20.1 Å². The molecule has 11 heteroatoms. The van der Waals surface area contributed by atoms with Gasteiger partial charge in [-0.3, -0.25) is 0 Å². The topological polar surface area (TPSA) is 67.8 Å². The summed E-state index contributed by atoms with van der Waals surface area (Å²) in [7, 11) is 1.58. The Labute approximate surface area is 188 Å². The van der Waals surface area contributed by atoms with E-state index in [9.17, 15) is 13.2 Å². The molecular weight excluding hydrogens is 520 g/mol. The lowest BCUT2D eigenvalue weighted by Gasteiger charge is -2.12. The van der Waals surface area contributed by atoms with Gasteiger partial charge in [-0.05, 0) is 31.5 Å². The van der Waals surface area contributed by atoms with Crippen LogP contribution in [0.5, 0.6) is 11.5 Å². The molecule has 29 heavy (non-hydrogen) atoms. The van der Waals surface area contributed by atoms with Gasteiger partial charge in [0.15, 0.2) is 23.2 Å². The lowest BCUT2D eigenvalue weighted by atomic mass is 10.2. The second kappa shape index (κ2) is 12.1. The van der Waals surface area contributed by atoms with Crippen molar-refractivity contribution in [3.8, 4) is 11.5 Å². The maximum absolute atomic E-state index is 12.6. The first-order valence-electron chi connectivity index (χ1n) is 8.70. The normalized spacial score (nSPS) is 11.6. The third kappa shape index (κ3) is 7.88. The molecule has 0 radical (unpaired) electrons. The van der Waals surface area contributed by atoms with Gasteiger partial charge in [0.1, 0.15) is 5.01 Å². The quantitative estimate of drug-likeness (QED) is 0.292. The Hall–Kier alpha value is -1.76. The van der Waals surface area contributed by atoms with E-state index in [1.54, 1.807) is 7.11 Å². The average molecular weight is 544 g/mol. The van der Waals surface area contributed by atoms with E-state index < -0.39 is 11.9 Å². The van der Waals surface area contributed by atoms with Crippen LogP contribution in [0, 0.1) is 0 Å². The molecule has 0 saturated heterocycles. The molecule has 2 rings (SSSR count). The Morgan fingerprint density at radius 1 is 1.21 bits per heavy atom. The average Bonchev–Trinajstić information content (AvgIpc) is 3.14. The predicted octanol–water partition coefficient (Wildman–Crippen LogP) is 4.44. The van der Waals surface area contributed by atoms with Crippen molar-refractivity contribution in [2.45, 2.75) is 33.1 Å². The summed E-state index contributed by atoms with van der Waals surface area (Å²) in [5, 5.41) is 7.40. The van der Waals surface area contributed by atoms with Crippen LogP contribution >= 0.6 is 35.3 Å².